The number of carboxylic acids is 1. The summed E-state index contributed by atoms with van der Waals surface area (Å²) in [7, 11) is 0. The van der Waals surface area contributed by atoms with Crippen LogP contribution in [-0.2, 0) is 9.53 Å². The van der Waals surface area contributed by atoms with Crippen LogP contribution >= 0.6 is 0 Å². The van der Waals surface area contributed by atoms with Gasteiger partial charge in [-0.1, -0.05) is 12.7 Å². The van der Waals surface area contributed by atoms with Gasteiger partial charge in [0, 0.05) is 6.54 Å². The highest BCUT2D eigenvalue weighted by atomic mass is 16.6. The first kappa shape index (κ1) is 11.6. The van der Waals surface area contributed by atoms with Gasteiger partial charge in [-0.25, -0.2) is 9.59 Å². The summed E-state index contributed by atoms with van der Waals surface area (Å²) in [6.07, 6.45) is 2.01. The molecule has 1 aliphatic rings. The molecule has 1 amide bonds. The second kappa shape index (κ2) is 4.33. The molecule has 84 valence electrons. The molecule has 1 fully saturated rings. The van der Waals surface area contributed by atoms with Crippen LogP contribution in [0.15, 0.2) is 12.7 Å². The third-order valence-electron chi connectivity index (χ3n) is 2.65. The number of likely N-dealkylation sites (tertiary alicyclic amines) is 1. The lowest BCUT2D eigenvalue weighted by Gasteiger charge is -2.29. The molecule has 0 saturated carbocycles. The molecular formula is C10H15NO4. The Morgan fingerprint density at radius 2 is 2.33 bits per heavy atom. The molecule has 0 radical (unpaired) electrons. The molecule has 5 heteroatoms. The summed E-state index contributed by atoms with van der Waals surface area (Å²) < 4.78 is 4.83. The van der Waals surface area contributed by atoms with Gasteiger partial charge < -0.3 is 9.84 Å². The fourth-order valence-corrected chi connectivity index (χ4v) is 1.69. The van der Waals surface area contributed by atoms with E-state index in [0.717, 1.165) is 0 Å². The van der Waals surface area contributed by atoms with Crippen molar-refractivity contribution in [2.24, 2.45) is 0 Å². The monoisotopic (exact) mass is 213 g/mol. The van der Waals surface area contributed by atoms with Crippen molar-refractivity contribution in [1.29, 1.82) is 0 Å². The zero-order chi connectivity index (χ0) is 11.5. The number of hydrogen-bond donors (Lipinski definition) is 1. The Morgan fingerprint density at radius 3 is 2.87 bits per heavy atom. The van der Waals surface area contributed by atoms with E-state index in [2.05, 4.69) is 6.58 Å². The van der Waals surface area contributed by atoms with Crippen LogP contribution in [0, 0.1) is 0 Å². The van der Waals surface area contributed by atoms with Crippen molar-refractivity contribution < 1.29 is 19.4 Å². The number of nitrogens with zero attached hydrogens (tertiary/aromatic N) is 1. The highest BCUT2D eigenvalue weighted by Crippen LogP contribution is 2.29. The number of hydrogen-bond acceptors (Lipinski definition) is 3. The first-order valence-corrected chi connectivity index (χ1v) is 4.81. The lowest BCUT2D eigenvalue weighted by atomic mass is 10.00. The van der Waals surface area contributed by atoms with Gasteiger partial charge in [-0.3, -0.25) is 4.90 Å². The smallest absolute Gasteiger partial charge is 0.411 e. The Hall–Kier alpha value is -1.52. The van der Waals surface area contributed by atoms with Gasteiger partial charge in [0.15, 0.2) is 0 Å². The van der Waals surface area contributed by atoms with Crippen molar-refractivity contribution in [3.05, 3.63) is 12.7 Å². The molecule has 1 saturated heterocycles. The lowest BCUT2D eigenvalue weighted by molar-refractivity contribution is -0.147. The minimum absolute atomic E-state index is 0.102. The second-order valence-corrected chi connectivity index (χ2v) is 3.70. The van der Waals surface area contributed by atoms with E-state index < -0.39 is 17.6 Å². The molecule has 0 bridgehead atoms. The van der Waals surface area contributed by atoms with E-state index >= 15 is 0 Å². The minimum Gasteiger partial charge on any atom is -0.480 e. The van der Waals surface area contributed by atoms with Gasteiger partial charge >= 0.3 is 12.1 Å². The molecule has 15 heavy (non-hydrogen) atoms. The van der Waals surface area contributed by atoms with Crippen molar-refractivity contribution in [2.45, 2.75) is 25.3 Å². The van der Waals surface area contributed by atoms with Crippen LogP contribution < -0.4 is 0 Å². The molecule has 0 aromatic heterocycles. The summed E-state index contributed by atoms with van der Waals surface area (Å²) in [5, 5.41) is 9.05. The van der Waals surface area contributed by atoms with Gasteiger partial charge in [0.05, 0.1) is 0 Å². The predicted molar refractivity (Wildman–Crippen MR) is 53.5 cm³/mol. The Morgan fingerprint density at radius 1 is 1.67 bits per heavy atom. The third kappa shape index (κ3) is 2.11. The maximum Gasteiger partial charge on any atom is 0.411 e. The number of carboxylic acid groups (broad SMARTS) is 1. The van der Waals surface area contributed by atoms with Gasteiger partial charge in [-0.15, -0.1) is 0 Å². The van der Waals surface area contributed by atoms with Crippen LogP contribution in [0.25, 0.3) is 0 Å². The van der Waals surface area contributed by atoms with Crippen molar-refractivity contribution >= 4 is 12.1 Å². The van der Waals surface area contributed by atoms with E-state index in [1.54, 1.807) is 0 Å². The Kier molecular flexibility index (Phi) is 3.34. The third-order valence-corrected chi connectivity index (χ3v) is 2.65. The largest absolute Gasteiger partial charge is 0.480 e. The Bertz CT molecular complexity index is 289. The van der Waals surface area contributed by atoms with Crippen LogP contribution in [0.3, 0.4) is 0 Å². The number of carbonyl (C=O) groups excluding carboxylic acids is 1. The maximum atomic E-state index is 11.5. The molecule has 1 heterocycles. The SMILES string of the molecule is C=CCOC(=O)N1CCC[C@]1(C)C(=O)O. The Balaban J connectivity index is 2.72. The summed E-state index contributed by atoms with van der Waals surface area (Å²) in [4.78, 5) is 23.8. The van der Waals surface area contributed by atoms with Crippen LogP contribution in [0.4, 0.5) is 4.79 Å². The van der Waals surface area contributed by atoms with Gasteiger partial charge in [0.25, 0.3) is 0 Å². The number of aliphatic carboxylic acids is 1. The number of rotatable bonds is 3. The highest BCUT2D eigenvalue weighted by molar-refractivity contribution is 5.84. The zero-order valence-electron chi connectivity index (χ0n) is 8.73. The minimum atomic E-state index is -1.13. The van der Waals surface area contributed by atoms with Gasteiger partial charge in [0.1, 0.15) is 12.1 Å². The van der Waals surface area contributed by atoms with Crippen molar-refractivity contribution in [3.8, 4) is 0 Å². The summed E-state index contributed by atoms with van der Waals surface area (Å²) in [6, 6.07) is 0. The number of ether oxygens (including phenoxy) is 1. The molecule has 1 N–H and O–H groups in total. The van der Waals surface area contributed by atoms with Crippen molar-refractivity contribution in [3.63, 3.8) is 0 Å². The lowest BCUT2D eigenvalue weighted by Crippen LogP contribution is -2.50. The zero-order valence-corrected chi connectivity index (χ0v) is 8.73. The van der Waals surface area contributed by atoms with Gasteiger partial charge in [-0.05, 0) is 19.8 Å². The molecular weight excluding hydrogens is 198 g/mol. The Labute approximate surface area is 88.3 Å². The normalized spacial score (nSPS) is 25.0. The quantitative estimate of drug-likeness (QED) is 0.716. The van der Waals surface area contributed by atoms with Crippen LogP contribution in [-0.4, -0.2) is 40.8 Å². The maximum absolute atomic E-state index is 11.5. The first-order valence-electron chi connectivity index (χ1n) is 4.81. The predicted octanol–water partition coefficient (Wildman–Crippen LogP) is 1.25. The fourth-order valence-electron chi connectivity index (χ4n) is 1.69. The van der Waals surface area contributed by atoms with E-state index in [-0.39, 0.29) is 6.61 Å². The van der Waals surface area contributed by atoms with E-state index in [0.29, 0.717) is 19.4 Å². The summed E-state index contributed by atoms with van der Waals surface area (Å²) >= 11 is 0. The summed E-state index contributed by atoms with van der Waals surface area (Å²) in [6.45, 7) is 5.49. The molecule has 0 unspecified atom stereocenters. The van der Waals surface area contributed by atoms with Crippen molar-refractivity contribution in [1.82, 2.24) is 4.90 Å². The van der Waals surface area contributed by atoms with E-state index in [1.807, 2.05) is 0 Å². The number of carbonyl (C=O) groups is 2. The van der Waals surface area contributed by atoms with Gasteiger partial charge in [0.2, 0.25) is 0 Å². The fraction of sp³-hybridized carbons (Fsp3) is 0.600. The van der Waals surface area contributed by atoms with Crippen LogP contribution in [0.5, 0.6) is 0 Å². The van der Waals surface area contributed by atoms with Crippen molar-refractivity contribution in [2.75, 3.05) is 13.2 Å². The molecule has 1 rings (SSSR count). The molecule has 1 atom stereocenters. The molecule has 0 spiro atoms. The van der Waals surface area contributed by atoms with E-state index in [1.165, 1.54) is 17.9 Å². The van der Waals surface area contributed by atoms with E-state index in [4.69, 9.17) is 9.84 Å². The average Bonchev–Trinajstić information content (AvgIpc) is 2.58. The summed E-state index contributed by atoms with van der Waals surface area (Å²) in [5.74, 6) is -0.990. The number of amides is 1. The van der Waals surface area contributed by atoms with Crippen LogP contribution in [0.2, 0.25) is 0 Å². The molecule has 0 aromatic rings. The molecule has 5 nitrogen and oxygen atoms in total. The average molecular weight is 213 g/mol. The topological polar surface area (TPSA) is 66.8 Å². The second-order valence-electron chi connectivity index (χ2n) is 3.70. The van der Waals surface area contributed by atoms with E-state index in [9.17, 15) is 9.59 Å². The molecule has 0 aromatic carbocycles. The summed E-state index contributed by atoms with van der Waals surface area (Å²) in [5.41, 5.74) is -1.13. The molecule has 1 aliphatic heterocycles. The first-order chi connectivity index (χ1) is 7.02. The van der Waals surface area contributed by atoms with Crippen LogP contribution in [0.1, 0.15) is 19.8 Å². The molecule has 0 aliphatic carbocycles. The highest BCUT2D eigenvalue weighted by Gasteiger charge is 2.46. The van der Waals surface area contributed by atoms with Gasteiger partial charge in [-0.2, -0.15) is 0 Å². The standard InChI is InChI=1S/C10H15NO4/c1-3-7-15-9(14)11-6-4-5-10(11,2)8(12)13/h3H,1,4-7H2,2H3,(H,12,13)/t10-/m1/s1.